The number of amides is 2. The van der Waals surface area contributed by atoms with Crippen molar-refractivity contribution in [2.75, 3.05) is 31.2 Å². The Morgan fingerprint density at radius 1 is 1.11 bits per heavy atom. The summed E-state index contributed by atoms with van der Waals surface area (Å²) >= 11 is 0. The van der Waals surface area contributed by atoms with Crippen molar-refractivity contribution in [3.05, 3.63) is 36.4 Å². The van der Waals surface area contributed by atoms with E-state index in [0.29, 0.717) is 24.5 Å². The van der Waals surface area contributed by atoms with E-state index in [1.54, 1.807) is 35.2 Å². The molecule has 2 rings (SSSR count). The number of methoxy groups -OCH3 is 1. The summed E-state index contributed by atoms with van der Waals surface area (Å²) in [5, 5.41) is 10.6. The number of para-hydroxylation sites is 1. The van der Waals surface area contributed by atoms with E-state index in [1.165, 1.54) is 13.2 Å². The molecule has 0 unspecified atom stereocenters. The number of pyridine rings is 1. The molecule has 3 N–H and O–H groups in total. The summed E-state index contributed by atoms with van der Waals surface area (Å²) in [5.41, 5.74) is 6.50. The van der Waals surface area contributed by atoms with E-state index in [1.807, 2.05) is 13.8 Å². The molecule has 0 aliphatic heterocycles. The number of nitrogens with two attached hydrogens (primary N) is 1. The van der Waals surface area contributed by atoms with Crippen molar-refractivity contribution >= 4 is 35.2 Å². The molecule has 2 amide bonds. The molecule has 148 valence electrons. The number of carbonyl (C=O) groups is 2. The van der Waals surface area contributed by atoms with Gasteiger partial charge in [0.1, 0.15) is 17.2 Å². The zero-order valence-corrected chi connectivity index (χ0v) is 15.9. The van der Waals surface area contributed by atoms with Crippen LogP contribution in [0.15, 0.2) is 46.6 Å². The van der Waals surface area contributed by atoms with Gasteiger partial charge in [0.15, 0.2) is 11.6 Å². The average Bonchev–Trinajstić information content (AvgIpc) is 2.69. The van der Waals surface area contributed by atoms with Crippen LogP contribution in [0.3, 0.4) is 0 Å². The first-order valence-corrected chi connectivity index (χ1v) is 8.57. The highest BCUT2D eigenvalue weighted by Crippen LogP contribution is 2.30. The van der Waals surface area contributed by atoms with Crippen LogP contribution in [0.4, 0.5) is 32.6 Å². The van der Waals surface area contributed by atoms with Gasteiger partial charge in [-0.15, -0.1) is 10.2 Å². The highest BCUT2D eigenvalue weighted by atomic mass is 16.6. The second-order valence-electron chi connectivity index (χ2n) is 5.43. The monoisotopic (exact) mass is 386 g/mol. The molecule has 10 nitrogen and oxygen atoms in total. The van der Waals surface area contributed by atoms with Gasteiger partial charge in [-0.3, -0.25) is 5.32 Å². The van der Waals surface area contributed by atoms with Crippen molar-refractivity contribution < 1.29 is 19.1 Å². The first-order chi connectivity index (χ1) is 13.5. The Kier molecular flexibility index (Phi) is 7.26. The fourth-order valence-electron chi connectivity index (χ4n) is 2.15. The minimum atomic E-state index is -0.662. The zero-order valence-electron chi connectivity index (χ0n) is 15.9. The van der Waals surface area contributed by atoms with E-state index < -0.39 is 12.2 Å². The molecule has 0 radical (unpaired) electrons. The normalized spacial score (nSPS) is 10.5. The number of carbonyl (C=O) groups excluding carboxylic acids is 2. The van der Waals surface area contributed by atoms with Gasteiger partial charge in [-0.05, 0) is 38.1 Å². The van der Waals surface area contributed by atoms with Crippen LogP contribution in [-0.4, -0.2) is 42.3 Å². The summed E-state index contributed by atoms with van der Waals surface area (Å²) < 4.78 is 9.90. The smallest absolute Gasteiger partial charge is 0.415 e. The Balaban J connectivity index is 2.18. The van der Waals surface area contributed by atoms with Gasteiger partial charge >= 0.3 is 12.2 Å². The summed E-state index contributed by atoms with van der Waals surface area (Å²) in [6, 6.07) is 9.81. The first kappa shape index (κ1) is 20.6. The standard InChI is InChI=1S/C18H22N6O4/c1-4-24(5-2)18(26)28-14-9-7-6-8-12(14)22-23-13-10-11-15(20-16(13)19)21-17(25)27-3/h6-11H,4-5H2,1-3H3,(H3,19,20,21,25). The number of nitrogens with zero attached hydrogens (tertiary/aromatic N) is 4. The lowest BCUT2D eigenvalue weighted by Crippen LogP contribution is -2.33. The van der Waals surface area contributed by atoms with Gasteiger partial charge in [0.2, 0.25) is 0 Å². The van der Waals surface area contributed by atoms with Crippen LogP contribution in [0.2, 0.25) is 0 Å². The molecule has 10 heteroatoms. The molecule has 0 bridgehead atoms. The number of azo groups is 1. The number of benzene rings is 1. The maximum atomic E-state index is 12.2. The Morgan fingerprint density at radius 3 is 2.43 bits per heavy atom. The zero-order chi connectivity index (χ0) is 20.5. The van der Waals surface area contributed by atoms with Crippen LogP contribution in [0.5, 0.6) is 5.75 Å². The van der Waals surface area contributed by atoms with Crippen LogP contribution in [0.25, 0.3) is 0 Å². The second kappa shape index (κ2) is 9.86. The van der Waals surface area contributed by atoms with Crippen LogP contribution < -0.4 is 15.8 Å². The van der Waals surface area contributed by atoms with Crippen molar-refractivity contribution in [3.63, 3.8) is 0 Å². The lowest BCUT2D eigenvalue weighted by molar-refractivity contribution is 0.157. The Labute approximate surface area is 162 Å². The van der Waals surface area contributed by atoms with Crippen LogP contribution in [0, 0.1) is 0 Å². The summed E-state index contributed by atoms with van der Waals surface area (Å²) in [4.78, 5) is 28.9. The summed E-state index contributed by atoms with van der Waals surface area (Å²) in [7, 11) is 1.24. The summed E-state index contributed by atoms with van der Waals surface area (Å²) in [6.07, 6.45) is -1.13. The highest BCUT2D eigenvalue weighted by Gasteiger charge is 2.14. The second-order valence-corrected chi connectivity index (χ2v) is 5.43. The Morgan fingerprint density at radius 2 is 1.79 bits per heavy atom. The number of nitrogen functional groups attached to an aromatic ring is 1. The van der Waals surface area contributed by atoms with E-state index in [9.17, 15) is 9.59 Å². The SMILES string of the molecule is CCN(CC)C(=O)Oc1ccccc1N=Nc1ccc(NC(=O)OC)nc1N. The van der Waals surface area contributed by atoms with E-state index in [2.05, 4.69) is 25.3 Å². The molecule has 1 aromatic heterocycles. The fraction of sp³-hybridized carbons (Fsp3) is 0.278. The average molecular weight is 386 g/mol. The lowest BCUT2D eigenvalue weighted by atomic mass is 10.3. The number of aromatic nitrogens is 1. The van der Waals surface area contributed by atoms with Gasteiger partial charge in [0, 0.05) is 13.1 Å². The molecule has 0 fully saturated rings. The van der Waals surface area contributed by atoms with Gasteiger partial charge in [0.05, 0.1) is 7.11 Å². The van der Waals surface area contributed by atoms with Gasteiger partial charge in [-0.1, -0.05) is 12.1 Å². The first-order valence-electron chi connectivity index (χ1n) is 8.57. The third kappa shape index (κ3) is 5.40. The maximum absolute atomic E-state index is 12.2. The van der Waals surface area contributed by atoms with Gasteiger partial charge in [0.25, 0.3) is 0 Å². The minimum absolute atomic E-state index is 0.0651. The van der Waals surface area contributed by atoms with E-state index in [0.717, 1.165) is 0 Å². The third-order valence-corrected chi connectivity index (χ3v) is 3.67. The van der Waals surface area contributed by atoms with Crippen molar-refractivity contribution in [3.8, 4) is 5.75 Å². The number of rotatable bonds is 6. The lowest BCUT2D eigenvalue weighted by Gasteiger charge is -2.18. The highest BCUT2D eigenvalue weighted by molar-refractivity contribution is 5.84. The fourth-order valence-corrected chi connectivity index (χ4v) is 2.15. The Bertz CT molecular complexity index is 867. The largest absolute Gasteiger partial charge is 0.453 e. The number of anilines is 2. The van der Waals surface area contributed by atoms with E-state index >= 15 is 0 Å². The number of hydrogen-bond donors (Lipinski definition) is 2. The van der Waals surface area contributed by atoms with Crippen LogP contribution in [0.1, 0.15) is 13.8 Å². The Hall–Kier alpha value is -3.69. The van der Waals surface area contributed by atoms with Crippen LogP contribution >= 0.6 is 0 Å². The molecule has 0 saturated carbocycles. The molecule has 1 aromatic carbocycles. The third-order valence-electron chi connectivity index (χ3n) is 3.67. The van der Waals surface area contributed by atoms with Crippen molar-refractivity contribution in [2.45, 2.75) is 13.8 Å². The molecule has 0 aliphatic carbocycles. The quantitative estimate of drug-likeness (QED) is 0.719. The van der Waals surface area contributed by atoms with Crippen molar-refractivity contribution in [1.29, 1.82) is 0 Å². The predicted molar refractivity (Wildman–Crippen MR) is 104 cm³/mol. The van der Waals surface area contributed by atoms with Gasteiger partial charge in [-0.25, -0.2) is 14.6 Å². The number of ether oxygens (including phenoxy) is 2. The molecule has 0 spiro atoms. The molecule has 2 aromatic rings. The molecule has 0 aliphatic rings. The van der Waals surface area contributed by atoms with Crippen molar-refractivity contribution in [2.24, 2.45) is 10.2 Å². The molecular formula is C18H22N6O4. The van der Waals surface area contributed by atoms with Crippen LogP contribution in [-0.2, 0) is 4.74 Å². The minimum Gasteiger partial charge on any atom is -0.453 e. The number of nitrogens with one attached hydrogen (secondary N) is 1. The van der Waals surface area contributed by atoms with Gasteiger partial charge < -0.3 is 20.1 Å². The molecule has 0 saturated heterocycles. The van der Waals surface area contributed by atoms with Crippen molar-refractivity contribution in [1.82, 2.24) is 9.88 Å². The van der Waals surface area contributed by atoms with Gasteiger partial charge in [-0.2, -0.15) is 0 Å². The van der Waals surface area contributed by atoms with E-state index in [4.69, 9.17) is 10.5 Å². The molecular weight excluding hydrogens is 364 g/mol. The van der Waals surface area contributed by atoms with E-state index in [-0.39, 0.29) is 17.4 Å². The summed E-state index contributed by atoms with van der Waals surface area (Å²) in [6.45, 7) is 4.80. The molecule has 28 heavy (non-hydrogen) atoms. The topological polar surface area (TPSA) is 132 Å². The maximum Gasteiger partial charge on any atom is 0.415 e. The molecule has 1 heterocycles. The number of hydrogen-bond acceptors (Lipinski definition) is 8. The summed E-state index contributed by atoms with van der Waals surface area (Å²) in [5.74, 6) is 0.561. The predicted octanol–water partition coefficient (Wildman–Crippen LogP) is 4.10. The molecule has 0 atom stereocenters.